The van der Waals surface area contributed by atoms with Gasteiger partial charge in [0.1, 0.15) is 0 Å². The molecule has 3 nitrogen and oxygen atoms in total. The Morgan fingerprint density at radius 2 is 2.12 bits per heavy atom. The van der Waals surface area contributed by atoms with Crippen LogP contribution in [0.2, 0.25) is 0 Å². The first-order valence-corrected chi connectivity index (χ1v) is 5.24. The van der Waals surface area contributed by atoms with E-state index in [2.05, 4.69) is 5.32 Å². The molecule has 0 heterocycles. The van der Waals surface area contributed by atoms with E-state index < -0.39 is 0 Å². The standard InChI is InChI=1S/C12H18FNO2/c1-9(14-6-7-15-2)10-4-5-12(16-3)11(13)8-10/h4-5,8-9,14H,6-7H2,1-3H3/t9-/m0/s1. The lowest BCUT2D eigenvalue weighted by Crippen LogP contribution is -2.22. The van der Waals surface area contributed by atoms with E-state index >= 15 is 0 Å². The first-order chi connectivity index (χ1) is 7.69. The van der Waals surface area contributed by atoms with Crippen LogP contribution in [0.15, 0.2) is 18.2 Å². The topological polar surface area (TPSA) is 30.5 Å². The second kappa shape index (κ2) is 6.45. The Morgan fingerprint density at radius 3 is 2.69 bits per heavy atom. The summed E-state index contributed by atoms with van der Waals surface area (Å²) in [6.07, 6.45) is 0. The molecule has 1 rings (SSSR count). The van der Waals surface area contributed by atoms with Crippen LogP contribution in [0.5, 0.6) is 5.75 Å². The summed E-state index contributed by atoms with van der Waals surface area (Å²) >= 11 is 0. The average Bonchev–Trinajstić information content (AvgIpc) is 2.29. The van der Waals surface area contributed by atoms with Crippen LogP contribution in [-0.4, -0.2) is 27.4 Å². The average molecular weight is 227 g/mol. The van der Waals surface area contributed by atoms with Crippen molar-refractivity contribution in [3.63, 3.8) is 0 Å². The van der Waals surface area contributed by atoms with Crippen LogP contribution in [0.1, 0.15) is 18.5 Å². The molecule has 0 saturated carbocycles. The van der Waals surface area contributed by atoms with Gasteiger partial charge < -0.3 is 14.8 Å². The molecule has 4 heteroatoms. The van der Waals surface area contributed by atoms with E-state index in [9.17, 15) is 4.39 Å². The Labute approximate surface area is 95.6 Å². The van der Waals surface area contributed by atoms with Gasteiger partial charge in [0.2, 0.25) is 0 Å². The van der Waals surface area contributed by atoms with Crippen molar-refractivity contribution in [1.82, 2.24) is 5.32 Å². The number of halogens is 1. The number of benzene rings is 1. The Morgan fingerprint density at radius 1 is 1.38 bits per heavy atom. The molecule has 0 aliphatic heterocycles. The van der Waals surface area contributed by atoms with E-state index in [1.807, 2.05) is 13.0 Å². The van der Waals surface area contributed by atoms with Gasteiger partial charge in [-0.15, -0.1) is 0 Å². The monoisotopic (exact) mass is 227 g/mol. The number of hydrogen-bond acceptors (Lipinski definition) is 3. The van der Waals surface area contributed by atoms with Crippen molar-refractivity contribution in [1.29, 1.82) is 0 Å². The molecule has 1 N–H and O–H groups in total. The molecule has 0 amide bonds. The zero-order valence-electron chi connectivity index (χ0n) is 9.92. The zero-order chi connectivity index (χ0) is 12.0. The maximum Gasteiger partial charge on any atom is 0.165 e. The van der Waals surface area contributed by atoms with E-state index in [0.717, 1.165) is 12.1 Å². The van der Waals surface area contributed by atoms with Gasteiger partial charge in [0.05, 0.1) is 13.7 Å². The maximum atomic E-state index is 13.4. The highest BCUT2D eigenvalue weighted by atomic mass is 19.1. The predicted octanol–water partition coefficient (Wildman–Crippen LogP) is 2.13. The number of methoxy groups -OCH3 is 2. The third-order valence-electron chi connectivity index (χ3n) is 2.43. The van der Waals surface area contributed by atoms with E-state index in [1.165, 1.54) is 13.2 Å². The molecule has 1 aromatic carbocycles. The van der Waals surface area contributed by atoms with E-state index in [0.29, 0.717) is 6.61 Å². The maximum absolute atomic E-state index is 13.4. The lowest BCUT2D eigenvalue weighted by Gasteiger charge is -2.14. The highest BCUT2D eigenvalue weighted by Crippen LogP contribution is 2.21. The van der Waals surface area contributed by atoms with Crippen LogP contribution in [-0.2, 0) is 4.74 Å². The Bertz CT molecular complexity index is 331. The van der Waals surface area contributed by atoms with E-state index in [4.69, 9.17) is 9.47 Å². The molecule has 0 spiro atoms. The van der Waals surface area contributed by atoms with Gasteiger partial charge in [-0.2, -0.15) is 0 Å². The van der Waals surface area contributed by atoms with Crippen molar-refractivity contribution in [2.24, 2.45) is 0 Å². The Kier molecular flexibility index (Phi) is 5.22. The second-order valence-corrected chi connectivity index (χ2v) is 3.56. The minimum atomic E-state index is -0.333. The fourth-order valence-corrected chi connectivity index (χ4v) is 1.45. The molecule has 16 heavy (non-hydrogen) atoms. The van der Waals surface area contributed by atoms with Gasteiger partial charge >= 0.3 is 0 Å². The number of rotatable bonds is 6. The molecule has 0 bridgehead atoms. The summed E-state index contributed by atoms with van der Waals surface area (Å²) in [7, 11) is 3.11. The molecular formula is C12H18FNO2. The molecule has 0 fully saturated rings. The molecule has 0 aliphatic carbocycles. The first kappa shape index (κ1) is 12.9. The normalized spacial score (nSPS) is 12.5. The third kappa shape index (κ3) is 3.47. The summed E-state index contributed by atoms with van der Waals surface area (Å²) in [6, 6.07) is 5.07. The number of nitrogens with one attached hydrogen (secondary N) is 1. The van der Waals surface area contributed by atoms with Gasteiger partial charge in [0.25, 0.3) is 0 Å². The molecule has 1 atom stereocenters. The molecule has 1 aromatic rings. The second-order valence-electron chi connectivity index (χ2n) is 3.56. The number of ether oxygens (including phenoxy) is 2. The van der Waals surface area contributed by atoms with Crippen LogP contribution < -0.4 is 10.1 Å². The van der Waals surface area contributed by atoms with Gasteiger partial charge in [0.15, 0.2) is 11.6 Å². The van der Waals surface area contributed by atoms with Crippen LogP contribution in [0.4, 0.5) is 4.39 Å². The van der Waals surface area contributed by atoms with Crippen molar-refractivity contribution in [3.05, 3.63) is 29.6 Å². The zero-order valence-corrected chi connectivity index (χ0v) is 9.92. The van der Waals surface area contributed by atoms with Crippen LogP contribution >= 0.6 is 0 Å². The fourth-order valence-electron chi connectivity index (χ4n) is 1.45. The minimum Gasteiger partial charge on any atom is -0.494 e. The van der Waals surface area contributed by atoms with Gasteiger partial charge in [0, 0.05) is 19.7 Å². The van der Waals surface area contributed by atoms with Gasteiger partial charge in [-0.25, -0.2) is 4.39 Å². The molecule has 0 aliphatic rings. The lowest BCUT2D eigenvalue weighted by atomic mass is 10.1. The molecule has 0 unspecified atom stereocenters. The van der Waals surface area contributed by atoms with Crippen molar-refractivity contribution in [2.75, 3.05) is 27.4 Å². The summed E-state index contributed by atoms with van der Waals surface area (Å²) in [5, 5.41) is 3.23. The SMILES string of the molecule is COCCN[C@@H](C)c1ccc(OC)c(F)c1. The summed E-state index contributed by atoms with van der Waals surface area (Å²) in [5.41, 5.74) is 0.898. The van der Waals surface area contributed by atoms with E-state index in [-0.39, 0.29) is 17.6 Å². The van der Waals surface area contributed by atoms with Crippen molar-refractivity contribution >= 4 is 0 Å². The largest absolute Gasteiger partial charge is 0.494 e. The highest BCUT2D eigenvalue weighted by molar-refractivity contribution is 5.30. The molecular weight excluding hydrogens is 209 g/mol. The summed E-state index contributed by atoms with van der Waals surface area (Å²) < 4.78 is 23.2. The Balaban J connectivity index is 2.62. The van der Waals surface area contributed by atoms with Gasteiger partial charge in [-0.1, -0.05) is 6.07 Å². The van der Waals surface area contributed by atoms with Gasteiger partial charge in [-0.05, 0) is 24.6 Å². The quantitative estimate of drug-likeness (QED) is 0.755. The molecule has 90 valence electrons. The van der Waals surface area contributed by atoms with Crippen molar-refractivity contribution in [3.8, 4) is 5.75 Å². The fraction of sp³-hybridized carbons (Fsp3) is 0.500. The van der Waals surface area contributed by atoms with E-state index in [1.54, 1.807) is 13.2 Å². The van der Waals surface area contributed by atoms with Crippen LogP contribution in [0.3, 0.4) is 0 Å². The van der Waals surface area contributed by atoms with Crippen molar-refractivity contribution in [2.45, 2.75) is 13.0 Å². The molecule has 0 radical (unpaired) electrons. The third-order valence-corrected chi connectivity index (χ3v) is 2.43. The Hall–Kier alpha value is -1.13. The minimum absolute atomic E-state index is 0.0931. The number of hydrogen-bond donors (Lipinski definition) is 1. The van der Waals surface area contributed by atoms with Crippen molar-refractivity contribution < 1.29 is 13.9 Å². The first-order valence-electron chi connectivity index (χ1n) is 5.24. The predicted molar refractivity (Wildman–Crippen MR) is 61.2 cm³/mol. The van der Waals surface area contributed by atoms with Crippen LogP contribution in [0.25, 0.3) is 0 Å². The molecule has 0 aromatic heterocycles. The highest BCUT2D eigenvalue weighted by Gasteiger charge is 2.08. The van der Waals surface area contributed by atoms with Gasteiger partial charge in [-0.3, -0.25) is 0 Å². The summed E-state index contributed by atoms with van der Waals surface area (Å²) in [5.74, 6) is -0.0618. The lowest BCUT2D eigenvalue weighted by molar-refractivity contribution is 0.196. The summed E-state index contributed by atoms with van der Waals surface area (Å²) in [4.78, 5) is 0. The molecule has 0 saturated heterocycles. The summed E-state index contributed by atoms with van der Waals surface area (Å²) in [6.45, 7) is 3.37. The van der Waals surface area contributed by atoms with Crippen LogP contribution in [0, 0.1) is 5.82 Å². The smallest absolute Gasteiger partial charge is 0.165 e.